The van der Waals surface area contributed by atoms with Crippen molar-refractivity contribution < 1.29 is 18.0 Å². The van der Waals surface area contributed by atoms with E-state index < -0.39 is 11.7 Å². The van der Waals surface area contributed by atoms with Crippen molar-refractivity contribution in [2.45, 2.75) is 26.6 Å². The topological polar surface area (TPSA) is 32.3 Å². The third kappa shape index (κ3) is 4.85. The molecule has 0 bridgehead atoms. The van der Waals surface area contributed by atoms with Crippen molar-refractivity contribution in [3.05, 3.63) is 35.4 Å². The molecule has 0 atom stereocenters. The molecule has 0 heterocycles. The Balaban J connectivity index is 2.45. The predicted molar refractivity (Wildman–Crippen MR) is 71.1 cm³/mol. The van der Waals surface area contributed by atoms with E-state index in [9.17, 15) is 18.0 Å². The average Bonchev–Trinajstić information content (AvgIpc) is 2.39. The summed E-state index contributed by atoms with van der Waals surface area (Å²) in [5.74, 6) is -0.0121. The number of alkyl halides is 3. The third-order valence-corrected chi connectivity index (χ3v) is 3.00. The van der Waals surface area contributed by atoms with E-state index in [-0.39, 0.29) is 12.5 Å². The van der Waals surface area contributed by atoms with E-state index in [0.717, 1.165) is 12.1 Å². The number of benzene rings is 1. The standard InChI is InChI=1S/C14H19F3N2O/c1-3-19(4-2)13(20)10-18-9-11-5-7-12(8-6-11)14(15,16)17/h5-8,18H,3-4,9-10H2,1-2H3. The van der Waals surface area contributed by atoms with Gasteiger partial charge in [0, 0.05) is 19.6 Å². The summed E-state index contributed by atoms with van der Waals surface area (Å²) < 4.78 is 37.1. The van der Waals surface area contributed by atoms with E-state index in [4.69, 9.17) is 0 Å². The fourth-order valence-electron chi connectivity index (χ4n) is 1.81. The number of amides is 1. The van der Waals surface area contributed by atoms with Gasteiger partial charge in [0.1, 0.15) is 0 Å². The number of carbonyl (C=O) groups is 1. The van der Waals surface area contributed by atoms with Gasteiger partial charge in [-0.2, -0.15) is 13.2 Å². The van der Waals surface area contributed by atoms with Crippen LogP contribution in [0.25, 0.3) is 0 Å². The third-order valence-electron chi connectivity index (χ3n) is 3.00. The molecular formula is C14H19F3N2O. The summed E-state index contributed by atoms with van der Waals surface area (Å²) in [6, 6.07) is 4.92. The molecule has 0 aliphatic heterocycles. The lowest BCUT2D eigenvalue weighted by Gasteiger charge is -2.18. The molecule has 1 rings (SSSR count). The molecule has 20 heavy (non-hydrogen) atoms. The Bertz CT molecular complexity index is 425. The second-order valence-corrected chi connectivity index (χ2v) is 4.36. The van der Waals surface area contributed by atoms with Crippen LogP contribution < -0.4 is 5.32 Å². The molecule has 0 aliphatic rings. The zero-order valence-electron chi connectivity index (χ0n) is 11.6. The minimum absolute atomic E-state index is 0.0121. The van der Waals surface area contributed by atoms with Crippen molar-refractivity contribution in [2.75, 3.05) is 19.6 Å². The maximum absolute atomic E-state index is 12.4. The van der Waals surface area contributed by atoms with Gasteiger partial charge in [-0.3, -0.25) is 4.79 Å². The highest BCUT2D eigenvalue weighted by Gasteiger charge is 2.29. The maximum Gasteiger partial charge on any atom is 0.416 e. The van der Waals surface area contributed by atoms with Crippen LogP contribution in [0.1, 0.15) is 25.0 Å². The van der Waals surface area contributed by atoms with Gasteiger partial charge in [-0.15, -0.1) is 0 Å². The molecule has 0 aromatic heterocycles. The maximum atomic E-state index is 12.4. The van der Waals surface area contributed by atoms with Gasteiger partial charge in [-0.1, -0.05) is 12.1 Å². The Morgan fingerprint density at radius 2 is 1.70 bits per heavy atom. The molecule has 0 saturated heterocycles. The normalized spacial score (nSPS) is 11.4. The molecule has 6 heteroatoms. The van der Waals surface area contributed by atoms with E-state index in [0.29, 0.717) is 25.2 Å². The molecular weight excluding hydrogens is 269 g/mol. The van der Waals surface area contributed by atoms with Crippen LogP contribution in [0.3, 0.4) is 0 Å². The minimum Gasteiger partial charge on any atom is -0.342 e. The molecule has 112 valence electrons. The van der Waals surface area contributed by atoms with Gasteiger partial charge in [-0.05, 0) is 31.5 Å². The summed E-state index contributed by atoms with van der Waals surface area (Å²) in [7, 11) is 0. The Morgan fingerprint density at radius 3 is 2.15 bits per heavy atom. The summed E-state index contributed by atoms with van der Waals surface area (Å²) in [4.78, 5) is 13.4. The highest BCUT2D eigenvalue weighted by atomic mass is 19.4. The molecule has 0 aliphatic carbocycles. The monoisotopic (exact) mass is 288 g/mol. The molecule has 0 radical (unpaired) electrons. The van der Waals surface area contributed by atoms with Crippen LogP contribution in [0.4, 0.5) is 13.2 Å². The van der Waals surface area contributed by atoms with Gasteiger partial charge in [0.05, 0.1) is 12.1 Å². The van der Waals surface area contributed by atoms with Crippen molar-refractivity contribution in [2.24, 2.45) is 0 Å². The van der Waals surface area contributed by atoms with Crippen LogP contribution in [0.5, 0.6) is 0 Å². The van der Waals surface area contributed by atoms with Gasteiger partial charge in [0.15, 0.2) is 0 Å². The zero-order valence-corrected chi connectivity index (χ0v) is 11.6. The summed E-state index contributed by atoms with van der Waals surface area (Å²) in [6.45, 7) is 5.65. The number of rotatable bonds is 6. The number of likely N-dealkylation sites (N-methyl/N-ethyl adjacent to an activating group) is 1. The lowest BCUT2D eigenvalue weighted by molar-refractivity contribution is -0.137. The lowest BCUT2D eigenvalue weighted by atomic mass is 10.1. The minimum atomic E-state index is -4.31. The molecule has 1 amide bonds. The highest BCUT2D eigenvalue weighted by molar-refractivity contribution is 5.78. The second kappa shape index (κ2) is 7.28. The Labute approximate surface area is 116 Å². The summed E-state index contributed by atoms with van der Waals surface area (Å²) in [5.41, 5.74) is 0.0471. The van der Waals surface area contributed by atoms with Crippen LogP contribution >= 0.6 is 0 Å². The van der Waals surface area contributed by atoms with Crippen LogP contribution in [0.15, 0.2) is 24.3 Å². The van der Waals surface area contributed by atoms with Crippen molar-refractivity contribution in [3.63, 3.8) is 0 Å². The molecule has 1 N–H and O–H groups in total. The average molecular weight is 288 g/mol. The Hall–Kier alpha value is -1.56. The van der Waals surface area contributed by atoms with E-state index >= 15 is 0 Å². The SMILES string of the molecule is CCN(CC)C(=O)CNCc1ccc(C(F)(F)F)cc1. The second-order valence-electron chi connectivity index (χ2n) is 4.36. The first-order chi connectivity index (χ1) is 9.38. The fraction of sp³-hybridized carbons (Fsp3) is 0.500. The quantitative estimate of drug-likeness (QED) is 0.873. The predicted octanol–water partition coefficient (Wildman–Crippen LogP) is 2.66. The van der Waals surface area contributed by atoms with Crippen molar-refractivity contribution in [3.8, 4) is 0 Å². The number of nitrogens with one attached hydrogen (secondary N) is 1. The summed E-state index contributed by atoms with van der Waals surface area (Å²) >= 11 is 0. The number of nitrogens with zero attached hydrogens (tertiary/aromatic N) is 1. The molecule has 0 unspecified atom stereocenters. The fourth-order valence-corrected chi connectivity index (χ4v) is 1.81. The van der Waals surface area contributed by atoms with Crippen molar-refractivity contribution in [1.29, 1.82) is 0 Å². The number of hydrogen-bond donors (Lipinski definition) is 1. The first-order valence-corrected chi connectivity index (χ1v) is 6.53. The van der Waals surface area contributed by atoms with E-state index in [1.165, 1.54) is 12.1 Å². The molecule has 0 fully saturated rings. The van der Waals surface area contributed by atoms with Gasteiger partial charge in [0.2, 0.25) is 5.91 Å². The van der Waals surface area contributed by atoms with Gasteiger partial charge >= 0.3 is 6.18 Å². The molecule has 0 spiro atoms. The zero-order chi connectivity index (χ0) is 15.2. The molecule has 1 aromatic rings. The Kier molecular flexibility index (Phi) is 6.01. The lowest BCUT2D eigenvalue weighted by Crippen LogP contribution is -2.37. The van der Waals surface area contributed by atoms with E-state index in [1.54, 1.807) is 4.90 Å². The van der Waals surface area contributed by atoms with Crippen LogP contribution in [0, 0.1) is 0 Å². The first kappa shape index (κ1) is 16.5. The number of halogens is 3. The largest absolute Gasteiger partial charge is 0.416 e. The summed E-state index contributed by atoms with van der Waals surface area (Å²) in [6.07, 6.45) is -4.31. The highest BCUT2D eigenvalue weighted by Crippen LogP contribution is 2.28. The Morgan fingerprint density at radius 1 is 1.15 bits per heavy atom. The molecule has 3 nitrogen and oxygen atoms in total. The number of carbonyl (C=O) groups excluding carboxylic acids is 1. The van der Waals surface area contributed by atoms with Gasteiger partial charge < -0.3 is 10.2 Å². The van der Waals surface area contributed by atoms with Crippen LogP contribution in [-0.2, 0) is 17.5 Å². The van der Waals surface area contributed by atoms with Gasteiger partial charge in [-0.25, -0.2) is 0 Å². The molecule has 1 aromatic carbocycles. The van der Waals surface area contributed by atoms with Crippen molar-refractivity contribution >= 4 is 5.91 Å². The van der Waals surface area contributed by atoms with Gasteiger partial charge in [0.25, 0.3) is 0 Å². The van der Waals surface area contributed by atoms with Crippen LogP contribution in [0.2, 0.25) is 0 Å². The number of hydrogen-bond acceptors (Lipinski definition) is 2. The smallest absolute Gasteiger partial charge is 0.342 e. The van der Waals surface area contributed by atoms with Crippen LogP contribution in [-0.4, -0.2) is 30.4 Å². The molecule has 0 saturated carbocycles. The summed E-state index contributed by atoms with van der Waals surface area (Å²) in [5, 5.41) is 2.94. The first-order valence-electron chi connectivity index (χ1n) is 6.53. The van der Waals surface area contributed by atoms with Crippen molar-refractivity contribution in [1.82, 2.24) is 10.2 Å². The van der Waals surface area contributed by atoms with E-state index in [2.05, 4.69) is 5.32 Å². The van der Waals surface area contributed by atoms with E-state index in [1.807, 2.05) is 13.8 Å².